The fourth-order valence-corrected chi connectivity index (χ4v) is 4.52. The predicted molar refractivity (Wildman–Crippen MR) is 130 cm³/mol. The average molecular weight is 484 g/mol. The molecule has 2 aliphatic heterocycles. The molecule has 0 spiro atoms. The van der Waals surface area contributed by atoms with Crippen LogP contribution in [-0.2, 0) is 21.4 Å². The van der Waals surface area contributed by atoms with E-state index in [-0.39, 0.29) is 54.9 Å². The maximum absolute atomic E-state index is 13.3. The normalized spacial score (nSPS) is 21.9. The summed E-state index contributed by atoms with van der Waals surface area (Å²) in [6, 6.07) is 4.90. The Labute approximate surface area is 204 Å². The molecule has 0 saturated carbocycles. The van der Waals surface area contributed by atoms with Crippen LogP contribution in [0.15, 0.2) is 24.4 Å². The molecule has 10 heteroatoms. The van der Waals surface area contributed by atoms with Gasteiger partial charge in [0.25, 0.3) is 5.91 Å². The second-order valence-electron chi connectivity index (χ2n) is 9.58. The molecule has 10 nitrogen and oxygen atoms in total. The van der Waals surface area contributed by atoms with Gasteiger partial charge in [0.1, 0.15) is 18.5 Å². The van der Waals surface area contributed by atoms with Crippen LogP contribution >= 0.6 is 0 Å². The number of rotatable bonds is 5. The highest BCUT2D eigenvalue weighted by Crippen LogP contribution is 2.32. The van der Waals surface area contributed by atoms with Crippen LogP contribution in [0.2, 0.25) is 0 Å². The van der Waals surface area contributed by atoms with Gasteiger partial charge in [0, 0.05) is 31.9 Å². The van der Waals surface area contributed by atoms with Crippen molar-refractivity contribution in [2.75, 3.05) is 24.3 Å². The lowest BCUT2D eigenvalue weighted by atomic mass is 9.94. The Morgan fingerprint density at radius 3 is 2.66 bits per heavy atom. The third-order valence-electron chi connectivity index (χ3n) is 6.50. The summed E-state index contributed by atoms with van der Waals surface area (Å²) in [4.78, 5) is 39.7. The molecule has 0 aliphatic carbocycles. The van der Waals surface area contributed by atoms with Crippen LogP contribution in [0.4, 0.5) is 11.4 Å². The number of hydrogen-bond donors (Lipinski definition) is 2. The lowest BCUT2D eigenvalue weighted by Gasteiger charge is -2.42. The third kappa shape index (κ3) is 5.48. The molecule has 0 radical (unpaired) electrons. The van der Waals surface area contributed by atoms with Gasteiger partial charge in [-0.1, -0.05) is 13.8 Å². The van der Waals surface area contributed by atoms with Crippen LogP contribution < -0.4 is 15.4 Å². The van der Waals surface area contributed by atoms with Gasteiger partial charge in [0.2, 0.25) is 11.8 Å². The highest BCUT2D eigenvalue weighted by atomic mass is 16.5. The summed E-state index contributed by atoms with van der Waals surface area (Å²) in [5, 5.41) is 9.97. The molecule has 1 saturated heterocycles. The minimum atomic E-state index is -0.357. The van der Waals surface area contributed by atoms with Crippen LogP contribution in [0.3, 0.4) is 0 Å². The zero-order valence-corrected chi connectivity index (χ0v) is 20.8. The van der Waals surface area contributed by atoms with E-state index in [9.17, 15) is 14.4 Å². The zero-order valence-electron chi connectivity index (χ0n) is 20.8. The smallest absolute Gasteiger partial charge is 0.257 e. The molecule has 3 atom stereocenters. The molecule has 3 heterocycles. The van der Waals surface area contributed by atoms with Crippen molar-refractivity contribution in [3.8, 4) is 5.75 Å². The number of aryl methyl sites for hydroxylation is 2. The Morgan fingerprint density at radius 2 is 1.97 bits per heavy atom. The molecule has 2 aliphatic rings. The average Bonchev–Trinajstić information content (AvgIpc) is 3.12. The number of amides is 3. The Kier molecular flexibility index (Phi) is 7.11. The number of fused-ring (bicyclic) bond motifs is 2. The SMILES string of the molecule is Cc1nn(C)cc1NC(=O)C[C@H]1CC[C@@H]2[C@@H](COc3ccc(NC(=O)C(C)C)cc3C(=O)N2C)O1. The molecule has 1 aromatic carbocycles. The van der Waals surface area contributed by atoms with Crippen molar-refractivity contribution in [1.29, 1.82) is 0 Å². The fourth-order valence-electron chi connectivity index (χ4n) is 4.52. The molecule has 4 rings (SSSR count). The fraction of sp³-hybridized carbons (Fsp3) is 0.520. The van der Waals surface area contributed by atoms with Crippen LogP contribution in [0, 0.1) is 12.8 Å². The number of anilines is 2. The van der Waals surface area contributed by atoms with E-state index in [1.807, 2.05) is 20.8 Å². The number of aromatic nitrogens is 2. The van der Waals surface area contributed by atoms with E-state index >= 15 is 0 Å². The van der Waals surface area contributed by atoms with Crippen molar-refractivity contribution < 1.29 is 23.9 Å². The monoisotopic (exact) mass is 483 g/mol. The number of nitrogens with zero attached hydrogens (tertiary/aromatic N) is 3. The van der Waals surface area contributed by atoms with Crippen molar-refractivity contribution >= 4 is 29.1 Å². The molecule has 0 bridgehead atoms. The van der Waals surface area contributed by atoms with Crippen molar-refractivity contribution in [3.63, 3.8) is 0 Å². The maximum atomic E-state index is 13.3. The molecular formula is C25H33N5O5. The van der Waals surface area contributed by atoms with Gasteiger partial charge in [-0.3, -0.25) is 19.1 Å². The molecule has 2 N–H and O–H groups in total. The second-order valence-corrected chi connectivity index (χ2v) is 9.58. The number of hydrogen-bond acceptors (Lipinski definition) is 6. The topological polar surface area (TPSA) is 115 Å². The standard InChI is InChI=1S/C25H33N5O5/c1-14(2)24(32)26-16-6-9-21-18(10-16)25(33)30(5)20-8-7-17(35-22(20)13-34-21)11-23(31)27-19-12-29(4)28-15(19)3/h6,9-10,12,14,17,20,22H,7-8,11,13H2,1-5H3,(H,26,32)(H,27,31)/t17-,20-,22-/m1/s1. The summed E-state index contributed by atoms with van der Waals surface area (Å²) in [7, 11) is 3.57. The van der Waals surface area contributed by atoms with Crippen molar-refractivity contribution in [2.45, 2.75) is 58.3 Å². The Hall–Kier alpha value is -3.40. The third-order valence-corrected chi connectivity index (χ3v) is 6.50. The number of nitrogens with one attached hydrogen (secondary N) is 2. The zero-order chi connectivity index (χ0) is 25.3. The van der Waals surface area contributed by atoms with E-state index in [4.69, 9.17) is 9.47 Å². The Bertz CT molecular complexity index is 1130. The number of ether oxygens (including phenoxy) is 2. The first kappa shape index (κ1) is 24.7. The minimum absolute atomic E-state index is 0.118. The largest absolute Gasteiger partial charge is 0.490 e. The van der Waals surface area contributed by atoms with Crippen LogP contribution in [0.1, 0.15) is 49.2 Å². The molecule has 2 aromatic rings. The first-order chi connectivity index (χ1) is 16.6. The van der Waals surface area contributed by atoms with Gasteiger partial charge in [-0.25, -0.2) is 0 Å². The second kappa shape index (κ2) is 10.1. The van der Waals surface area contributed by atoms with E-state index in [1.54, 1.807) is 48.1 Å². The van der Waals surface area contributed by atoms with Crippen molar-refractivity contribution in [2.24, 2.45) is 13.0 Å². The van der Waals surface area contributed by atoms with Gasteiger partial charge in [-0.2, -0.15) is 5.10 Å². The Balaban J connectivity index is 1.43. The maximum Gasteiger partial charge on any atom is 0.257 e. The van der Waals surface area contributed by atoms with Crippen LogP contribution in [-0.4, -0.2) is 64.3 Å². The number of benzene rings is 1. The molecule has 1 fully saturated rings. The van der Waals surface area contributed by atoms with Crippen LogP contribution in [0.25, 0.3) is 0 Å². The summed E-state index contributed by atoms with van der Waals surface area (Å²) >= 11 is 0. The summed E-state index contributed by atoms with van der Waals surface area (Å²) in [6.07, 6.45) is 2.70. The van der Waals surface area contributed by atoms with Crippen molar-refractivity contribution in [1.82, 2.24) is 14.7 Å². The Morgan fingerprint density at radius 1 is 1.20 bits per heavy atom. The van der Waals surface area contributed by atoms with E-state index in [1.165, 1.54) is 0 Å². The summed E-state index contributed by atoms with van der Waals surface area (Å²) < 4.78 is 13.9. The van der Waals surface area contributed by atoms with Crippen LogP contribution in [0.5, 0.6) is 5.75 Å². The van der Waals surface area contributed by atoms with E-state index in [0.717, 1.165) is 5.69 Å². The van der Waals surface area contributed by atoms with Gasteiger partial charge in [0.05, 0.1) is 35.5 Å². The summed E-state index contributed by atoms with van der Waals surface area (Å²) in [5.74, 6) is -0.176. The number of carbonyl (C=O) groups is 3. The molecule has 3 amide bonds. The van der Waals surface area contributed by atoms with E-state index in [0.29, 0.717) is 35.5 Å². The first-order valence-corrected chi connectivity index (χ1v) is 11.9. The highest BCUT2D eigenvalue weighted by Gasteiger charge is 2.39. The number of carbonyl (C=O) groups excluding carboxylic acids is 3. The lowest BCUT2D eigenvalue weighted by molar-refractivity contribution is -0.130. The van der Waals surface area contributed by atoms with E-state index in [2.05, 4.69) is 15.7 Å². The van der Waals surface area contributed by atoms with Gasteiger partial charge in [0.15, 0.2) is 0 Å². The highest BCUT2D eigenvalue weighted by molar-refractivity contribution is 6.00. The molecule has 188 valence electrons. The summed E-state index contributed by atoms with van der Waals surface area (Å²) in [5.41, 5.74) is 2.40. The van der Waals surface area contributed by atoms with E-state index < -0.39 is 0 Å². The van der Waals surface area contributed by atoms with Gasteiger partial charge < -0.3 is 25.0 Å². The van der Waals surface area contributed by atoms with Gasteiger partial charge >= 0.3 is 0 Å². The van der Waals surface area contributed by atoms with Gasteiger partial charge in [-0.15, -0.1) is 0 Å². The first-order valence-electron chi connectivity index (χ1n) is 11.9. The molecule has 1 aromatic heterocycles. The van der Waals surface area contributed by atoms with Gasteiger partial charge in [-0.05, 0) is 38.0 Å². The minimum Gasteiger partial charge on any atom is -0.490 e. The number of likely N-dealkylation sites (N-methyl/N-ethyl adjacent to an activating group) is 1. The molecule has 35 heavy (non-hydrogen) atoms. The predicted octanol–water partition coefficient (Wildman–Crippen LogP) is 2.73. The van der Waals surface area contributed by atoms with Crippen molar-refractivity contribution in [3.05, 3.63) is 35.7 Å². The lowest BCUT2D eigenvalue weighted by Crippen LogP contribution is -2.53. The summed E-state index contributed by atoms with van der Waals surface area (Å²) in [6.45, 7) is 5.72. The molecular weight excluding hydrogens is 450 g/mol. The quantitative estimate of drug-likeness (QED) is 0.676. The molecule has 0 unspecified atom stereocenters.